The number of nitriles is 1. The molecule has 1 unspecified atom stereocenters. The predicted molar refractivity (Wildman–Crippen MR) is 88.6 cm³/mol. The Morgan fingerprint density at radius 2 is 2.21 bits per heavy atom. The van der Waals surface area contributed by atoms with Crippen molar-refractivity contribution in [3.63, 3.8) is 0 Å². The van der Waals surface area contributed by atoms with Crippen molar-refractivity contribution in [1.82, 2.24) is 9.97 Å². The molecule has 1 aliphatic heterocycles. The zero-order valence-corrected chi connectivity index (χ0v) is 13.0. The standard InChI is InChI=1S/C17H17N5O2/c18-8-12-4-1-2-6-14(12)22-17(23)15-10-21-16(11-19-15)20-9-13-5-3-7-24-13/h1-2,4,6,10-11,13H,3,5,7,9H2,(H,20,21)(H,22,23). The first kappa shape index (κ1) is 15.9. The molecule has 1 fully saturated rings. The van der Waals surface area contributed by atoms with Gasteiger partial charge in [-0.15, -0.1) is 0 Å². The van der Waals surface area contributed by atoms with Crippen LogP contribution in [0.5, 0.6) is 0 Å². The van der Waals surface area contributed by atoms with Crippen molar-refractivity contribution >= 4 is 17.4 Å². The maximum atomic E-state index is 12.2. The number of anilines is 2. The van der Waals surface area contributed by atoms with Crippen molar-refractivity contribution in [2.75, 3.05) is 23.8 Å². The molecule has 2 N–H and O–H groups in total. The molecule has 1 aromatic heterocycles. The topological polar surface area (TPSA) is 99.9 Å². The Kier molecular flexibility index (Phi) is 4.99. The first-order chi connectivity index (χ1) is 11.8. The van der Waals surface area contributed by atoms with Gasteiger partial charge in [-0.1, -0.05) is 12.1 Å². The second-order valence-electron chi connectivity index (χ2n) is 5.41. The lowest BCUT2D eigenvalue weighted by Gasteiger charge is -2.11. The van der Waals surface area contributed by atoms with Crippen LogP contribution in [0.15, 0.2) is 36.7 Å². The smallest absolute Gasteiger partial charge is 0.275 e. The van der Waals surface area contributed by atoms with Crippen LogP contribution >= 0.6 is 0 Å². The number of benzene rings is 1. The van der Waals surface area contributed by atoms with Gasteiger partial charge < -0.3 is 15.4 Å². The van der Waals surface area contributed by atoms with Crippen LogP contribution in [-0.4, -0.2) is 35.1 Å². The van der Waals surface area contributed by atoms with Crippen molar-refractivity contribution in [1.29, 1.82) is 5.26 Å². The van der Waals surface area contributed by atoms with E-state index in [0.29, 0.717) is 23.6 Å². The van der Waals surface area contributed by atoms with Gasteiger partial charge in [0, 0.05) is 13.2 Å². The molecule has 2 heterocycles. The van der Waals surface area contributed by atoms with E-state index in [2.05, 4.69) is 20.6 Å². The van der Waals surface area contributed by atoms with Crippen LogP contribution in [0.25, 0.3) is 0 Å². The first-order valence-electron chi connectivity index (χ1n) is 7.74. The Morgan fingerprint density at radius 3 is 2.92 bits per heavy atom. The Morgan fingerprint density at radius 1 is 1.33 bits per heavy atom. The van der Waals surface area contributed by atoms with E-state index >= 15 is 0 Å². The molecule has 1 amide bonds. The van der Waals surface area contributed by atoms with Gasteiger partial charge in [0.2, 0.25) is 0 Å². The van der Waals surface area contributed by atoms with Gasteiger partial charge in [0.15, 0.2) is 0 Å². The summed E-state index contributed by atoms with van der Waals surface area (Å²) >= 11 is 0. The summed E-state index contributed by atoms with van der Waals surface area (Å²) < 4.78 is 5.52. The third-order valence-corrected chi connectivity index (χ3v) is 3.72. The molecule has 1 atom stereocenters. The van der Waals surface area contributed by atoms with Gasteiger partial charge in [0.1, 0.15) is 17.6 Å². The number of hydrogen-bond donors (Lipinski definition) is 2. The van der Waals surface area contributed by atoms with E-state index < -0.39 is 5.91 Å². The second kappa shape index (κ2) is 7.53. The van der Waals surface area contributed by atoms with Crippen molar-refractivity contribution in [3.05, 3.63) is 47.9 Å². The first-order valence-corrected chi connectivity index (χ1v) is 7.74. The number of aromatic nitrogens is 2. The highest BCUT2D eigenvalue weighted by molar-refractivity contribution is 6.03. The Labute approximate surface area is 139 Å². The summed E-state index contributed by atoms with van der Waals surface area (Å²) in [5, 5.41) is 14.9. The third-order valence-electron chi connectivity index (χ3n) is 3.72. The fraction of sp³-hybridized carbons (Fsp3) is 0.294. The summed E-state index contributed by atoms with van der Waals surface area (Å²) in [7, 11) is 0. The van der Waals surface area contributed by atoms with Crippen LogP contribution in [0, 0.1) is 11.3 Å². The molecule has 24 heavy (non-hydrogen) atoms. The van der Waals surface area contributed by atoms with E-state index in [-0.39, 0.29) is 11.8 Å². The number of para-hydroxylation sites is 1. The maximum absolute atomic E-state index is 12.2. The Hall–Kier alpha value is -2.98. The monoisotopic (exact) mass is 323 g/mol. The molecule has 0 spiro atoms. The van der Waals surface area contributed by atoms with E-state index in [1.165, 1.54) is 12.4 Å². The van der Waals surface area contributed by atoms with Crippen molar-refractivity contribution < 1.29 is 9.53 Å². The van der Waals surface area contributed by atoms with Crippen LogP contribution in [0.1, 0.15) is 28.9 Å². The van der Waals surface area contributed by atoms with E-state index in [1.54, 1.807) is 24.3 Å². The van der Waals surface area contributed by atoms with E-state index in [1.807, 2.05) is 6.07 Å². The molecular weight excluding hydrogens is 306 g/mol. The molecule has 0 aliphatic carbocycles. The average molecular weight is 323 g/mol. The summed E-state index contributed by atoms with van der Waals surface area (Å²) in [5.41, 5.74) is 1.03. The van der Waals surface area contributed by atoms with Crippen LogP contribution < -0.4 is 10.6 Å². The highest BCUT2D eigenvalue weighted by atomic mass is 16.5. The minimum absolute atomic E-state index is 0.186. The van der Waals surface area contributed by atoms with Crippen LogP contribution in [0.4, 0.5) is 11.5 Å². The number of nitrogens with one attached hydrogen (secondary N) is 2. The summed E-state index contributed by atoms with van der Waals surface area (Å²) in [6.45, 7) is 1.48. The van der Waals surface area contributed by atoms with Gasteiger partial charge in [-0.3, -0.25) is 4.79 Å². The van der Waals surface area contributed by atoms with Gasteiger partial charge in [-0.05, 0) is 25.0 Å². The molecule has 7 heteroatoms. The lowest BCUT2D eigenvalue weighted by molar-refractivity contribution is 0.102. The number of carbonyl (C=O) groups is 1. The molecule has 0 radical (unpaired) electrons. The largest absolute Gasteiger partial charge is 0.376 e. The number of amides is 1. The predicted octanol–water partition coefficient (Wildman–Crippen LogP) is 2.19. The Balaban J connectivity index is 1.60. The zero-order chi connectivity index (χ0) is 16.8. The lowest BCUT2D eigenvalue weighted by atomic mass is 10.2. The molecule has 3 rings (SSSR count). The van der Waals surface area contributed by atoms with Crippen molar-refractivity contribution in [2.45, 2.75) is 18.9 Å². The average Bonchev–Trinajstić information content (AvgIpc) is 3.14. The Bertz CT molecular complexity index is 748. The molecule has 2 aromatic rings. The van der Waals surface area contributed by atoms with E-state index in [0.717, 1.165) is 19.4 Å². The normalized spacial score (nSPS) is 16.4. The second-order valence-corrected chi connectivity index (χ2v) is 5.41. The maximum Gasteiger partial charge on any atom is 0.275 e. The lowest BCUT2D eigenvalue weighted by Crippen LogP contribution is -2.19. The van der Waals surface area contributed by atoms with Gasteiger partial charge in [0.05, 0.1) is 29.7 Å². The third kappa shape index (κ3) is 3.86. The van der Waals surface area contributed by atoms with Gasteiger partial charge in [-0.2, -0.15) is 5.26 Å². The van der Waals surface area contributed by atoms with E-state index in [4.69, 9.17) is 10.00 Å². The summed E-state index contributed by atoms with van der Waals surface area (Å²) in [6, 6.07) is 8.83. The number of ether oxygens (including phenoxy) is 1. The molecule has 1 aromatic carbocycles. The number of hydrogen-bond acceptors (Lipinski definition) is 6. The summed E-state index contributed by atoms with van der Waals surface area (Å²) in [5.74, 6) is 0.190. The summed E-state index contributed by atoms with van der Waals surface area (Å²) in [6.07, 6.45) is 5.25. The van der Waals surface area contributed by atoms with Crippen molar-refractivity contribution in [3.8, 4) is 6.07 Å². The molecule has 122 valence electrons. The number of carbonyl (C=O) groups excluding carboxylic acids is 1. The fourth-order valence-corrected chi connectivity index (χ4v) is 2.44. The quantitative estimate of drug-likeness (QED) is 0.875. The number of rotatable bonds is 5. The SMILES string of the molecule is N#Cc1ccccc1NC(=O)c1cnc(NCC2CCCO2)cn1. The highest BCUT2D eigenvalue weighted by Gasteiger charge is 2.15. The van der Waals surface area contributed by atoms with Crippen LogP contribution in [0.2, 0.25) is 0 Å². The van der Waals surface area contributed by atoms with Gasteiger partial charge in [-0.25, -0.2) is 9.97 Å². The van der Waals surface area contributed by atoms with Crippen molar-refractivity contribution in [2.24, 2.45) is 0 Å². The summed E-state index contributed by atoms with van der Waals surface area (Å²) in [4.78, 5) is 20.5. The highest BCUT2D eigenvalue weighted by Crippen LogP contribution is 2.15. The molecule has 0 bridgehead atoms. The molecular formula is C17H17N5O2. The fourth-order valence-electron chi connectivity index (χ4n) is 2.44. The van der Waals surface area contributed by atoms with Crippen LogP contribution in [0.3, 0.4) is 0 Å². The van der Waals surface area contributed by atoms with Gasteiger partial charge in [0.25, 0.3) is 5.91 Å². The molecule has 1 saturated heterocycles. The minimum atomic E-state index is -0.407. The molecule has 7 nitrogen and oxygen atoms in total. The van der Waals surface area contributed by atoms with Crippen LogP contribution in [-0.2, 0) is 4.74 Å². The number of nitrogens with zero attached hydrogens (tertiary/aromatic N) is 3. The molecule has 0 saturated carbocycles. The van der Waals surface area contributed by atoms with E-state index in [9.17, 15) is 4.79 Å². The van der Waals surface area contributed by atoms with Gasteiger partial charge >= 0.3 is 0 Å². The zero-order valence-electron chi connectivity index (χ0n) is 13.0. The molecule has 1 aliphatic rings. The minimum Gasteiger partial charge on any atom is -0.376 e.